The highest BCUT2D eigenvalue weighted by atomic mass is 32.1. The van der Waals surface area contributed by atoms with Crippen LogP contribution in [-0.4, -0.2) is 61.1 Å². The number of unbranched alkanes of at least 4 members (excludes halogenated alkanes) is 2. The first kappa shape index (κ1) is 30.0. The lowest BCUT2D eigenvalue weighted by molar-refractivity contribution is -0.126. The number of hydrogen-bond acceptors (Lipinski definition) is 7. The second-order valence-electron chi connectivity index (χ2n) is 9.94. The van der Waals surface area contributed by atoms with Gasteiger partial charge >= 0.3 is 0 Å². The fraction of sp³-hybridized carbons (Fsp3) is 0.375. The molecule has 0 radical (unpaired) electrons. The van der Waals surface area contributed by atoms with Gasteiger partial charge in [-0.05, 0) is 72.3 Å². The maximum absolute atomic E-state index is 13.0. The van der Waals surface area contributed by atoms with Crippen LogP contribution in [-0.2, 0) is 4.79 Å². The standard InChI is InChI=1S/C32H40N4O4S/c1-3-5-19-39-27-22-24(23-28(31(27)38)40-20-6-4-2)9-14-30(37)36-17-15-35(16-18-36)26-12-10-25(11-13-26)34-32(33)29-8-7-21-41-29/h7-14,21-23,38H,3-6,15-20H2,1-2H3,(H2,33,34)/b14-9+. The molecule has 9 heteroatoms. The van der Waals surface area contributed by atoms with Crippen LogP contribution in [0.3, 0.4) is 0 Å². The number of phenolic OH excluding ortho intramolecular Hbond substituents is 1. The molecule has 1 fully saturated rings. The Hall–Kier alpha value is -3.98. The van der Waals surface area contributed by atoms with Crippen molar-refractivity contribution < 1.29 is 19.4 Å². The van der Waals surface area contributed by atoms with Gasteiger partial charge in [0.15, 0.2) is 11.5 Å². The van der Waals surface area contributed by atoms with E-state index >= 15 is 0 Å². The van der Waals surface area contributed by atoms with Crippen LogP contribution in [0.15, 0.2) is 60.0 Å². The molecule has 0 aliphatic carbocycles. The van der Waals surface area contributed by atoms with Crippen molar-refractivity contribution in [1.82, 2.24) is 4.90 Å². The van der Waals surface area contributed by atoms with Crippen LogP contribution in [0.2, 0.25) is 0 Å². The monoisotopic (exact) mass is 576 g/mol. The summed E-state index contributed by atoms with van der Waals surface area (Å²) in [6.45, 7) is 7.91. The largest absolute Gasteiger partial charge is 0.502 e. The van der Waals surface area contributed by atoms with Gasteiger partial charge in [0.05, 0.1) is 18.1 Å². The summed E-state index contributed by atoms with van der Waals surface area (Å²) in [7, 11) is 0. The van der Waals surface area contributed by atoms with Gasteiger partial charge in [0, 0.05) is 43.6 Å². The molecule has 0 atom stereocenters. The maximum atomic E-state index is 13.0. The Morgan fingerprint density at radius 3 is 2.20 bits per heavy atom. The Labute approximate surface area is 246 Å². The number of amides is 1. The summed E-state index contributed by atoms with van der Waals surface area (Å²) in [6, 6.07) is 15.4. The van der Waals surface area contributed by atoms with E-state index in [4.69, 9.17) is 14.9 Å². The second-order valence-corrected chi connectivity index (χ2v) is 10.9. The second kappa shape index (κ2) is 15.1. The van der Waals surface area contributed by atoms with E-state index in [1.54, 1.807) is 24.3 Å². The average Bonchev–Trinajstić information content (AvgIpc) is 3.54. The van der Waals surface area contributed by atoms with Gasteiger partial charge in [-0.15, -0.1) is 11.3 Å². The van der Waals surface area contributed by atoms with Crippen LogP contribution in [0.5, 0.6) is 17.2 Å². The van der Waals surface area contributed by atoms with Gasteiger partial charge in [-0.2, -0.15) is 0 Å². The van der Waals surface area contributed by atoms with Gasteiger partial charge in [-0.1, -0.05) is 32.8 Å². The number of benzene rings is 2. The van der Waals surface area contributed by atoms with Crippen molar-refractivity contribution in [3.05, 3.63) is 70.4 Å². The van der Waals surface area contributed by atoms with Gasteiger partial charge < -0.3 is 29.7 Å². The molecular weight excluding hydrogens is 536 g/mol. The number of thiophene rings is 1. The molecule has 2 heterocycles. The molecule has 4 rings (SSSR count). The third kappa shape index (κ3) is 8.50. The summed E-state index contributed by atoms with van der Waals surface area (Å²) in [4.78, 5) is 18.0. The minimum Gasteiger partial charge on any atom is -0.502 e. The highest BCUT2D eigenvalue weighted by Crippen LogP contribution is 2.38. The molecule has 1 aromatic heterocycles. The number of amidine groups is 1. The molecule has 1 saturated heterocycles. The Balaban J connectivity index is 1.33. The molecule has 1 amide bonds. The highest BCUT2D eigenvalue weighted by Gasteiger charge is 2.20. The molecule has 1 aliphatic rings. The number of piperazine rings is 1. The summed E-state index contributed by atoms with van der Waals surface area (Å²) in [6.07, 6.45) is 7.09. The van der Waals surface area contributed by atoms with E-state index < -0.39 is 0 Å². The van der Waals surface area contributed by atoms with Crippen LogP contribution in [0.25, 0.3) is 6.08 Å². The molecular formula is C32H40N4O4S. The van der Waals surface area contributed by atoms with E-state index in [0.717, 1.165) is 60.6 Å². The average molecular weight is 577 g/mol. The topological polar surface area (TPSA) is 98.1 Å². The zero-order valence-electron chi connectivity index (χ0n) is 23.9. The van der Waals surface area contributed by atoms with Crippen molar-refractivity contribution >= 4 is 40.5 Å². The fourth-order valence-corrected chi connectivity index (χ4v) is 5.04. The number of nitrogens with one attached hydrogen (secondary N) is 2. The van der Waals surface area contributed by atoms with E-state index in [1.165, 1.54) is 11.3 Å². The summed E-state index contributed by atoms with van der Waals surface area (Å²) < 4.78 is 11.6. The number of hydrogen-bond donors (Lipinski definition) is 3. The predicted molar refractivity (Wildman–Crippen MR) is 168 cm³/mol. The zero-order valence-corrected chi connectivity index (χ0v) is 24.7. The molecule has 0 saturated carbocycles. The number of carbonyl (C=O) groups is 1. The molecule has 41 heavy (non-hydrogen) atoms. The molecule has 2 aromatic carbocycles. The van der Waals surface area contributed by atoms with Crippen LogP contribution in [0.4, 0.5) is 11.4 Å². The first-order chi connectivity index (χ1) is 20.0. The van der Waals surface area contributed by atoms with E-state index in [2.05, 4.69) is 24.1 Å². The third-order valence-electron chi connectivity index (χ3n) is 6.85. The number of nitrogens with zero attached hydrogens (tertiary/aromatic N) is 2. The molecule has 3 aromatic rings. The molecule has 0 bridgehead atoms. The SMILES string of the molecule is CCCCOc1cc(/C=C/C(=O)N2CCN(c3ccc(NC(=N)c4cccs4)cc3)CC2)cc(OCCCC)c1O. The van der Waals surface area contributed by atoms with Crippen molar-refractivity contribution in [3.8, 4) is 17.2 Å². The van der Waals surface area contributed by atoms with Gasteiger partial charge in [-0.3, -0.25) is 10.2 Å². The maximum Gasteiger partial charge on any atom is 0.246 e. The minimum absolute atomic E-state index is 0.00129. The van der Waals surface area contributed by atoms with Crippen molar-refractivity contribution in [1.29, 1.82) is 5.41 Å². The smallest absolute Gasteiger partial charge is 0.246 e. The Morgan fingerprint density at radius 1 is 1.00 bits per heavy atom. The number of phenols is 1. The lowest BCUT2D eigenvalue weighted by Gasteiger charge is -2.35. The summed E-state index contributed by atoms with van der Waals surface area (Å²) in [5.41, 5.74) is 2.71. The van der Waals surface area contributed by atoms with Crippen LogP contribution >= 0.6 is 11.3 Å². The number of anilines is 2. The van der Waals surface area contributed by atoms with Crippen molar-refractivity contribution in [3.63, 3.8) is 0 Å². The van der Waals surface area contributed by atoms with Crippen LogP contribution < -0.4 is 19.7 Å². The van der Waals surface area contributed by atoms with Crippen molar-refractivity contribution in [2.75, 3.05) is 49.6 Å². The van der Waals surface area contributed by atoms with Crippen LogP contribution in [0, 0.1) is 5.41 Å². The zero-order chi connectivity index (χ0) is 29.0. The van der Waals surface area contributed by atoms with E-state index in [0.29, 0.717) is 43.6 Å². The molecule has 1 aliphatic heterocycles. The molecule has 0 unspecified atom stereocenters. The van der Waals surface area contributed by atoms with Crippen LogP contribution in [0.1, 0.15) is 50.0 Å². The Kier molecular flexibility index (Phi) is 11.1. The third-order valence-corrected chi connectivity index (χ3v) is 7.74. The number of carbonyl (C=O) groups excluding carboxylic acids is 1. The molecule has 3 N–H and O–H groups in total. The molecule has 8 nitrogen and oxygen atoms in total. The lowest BCUT2D eigenvalue weighted by atomic mass is 10.1. The number of rotatable bonds is 13. The van der Waals surface area contributed by atoms with Gasteiger partial charge in [0.25, 0.3) is 0 Å². The quantitative estimate of drug-likeness (QED) is 0.0917. The fourth-order valence-electron chi connectivity index (χ4n) is 4.41. The van der Waals surface area contributed by atoms with E-state index in [-0.39, 0.29) is 11.7 Å². The minimum atomic E-state index is -0.0498. The van der Waals surface area contributed by atoms with Gasteiger partial charge in [0.1, 0.15) is 5.84 Å². The van der Waals surface area contributed by atoms with E-state index in [9.17, 15) is 9.90 Å². The summed E-state index contributed by atoms with van der Waals surface area (Å²) >= 11 is 1.54. The van der Waals surface area contributed by atoms with Crippen molar-refractivity contribution in [2.45, 2.75) is 39.5 Å². The predicted octanol–water partition coefficient (Wildman–Crippen LogP) is 6.61. The van der Waals surface area contributed by atoms with Gasteiger partial charge in [0.2, 0.25) is 11.7 Å². The summed E-state index contributed by atoms with van der Waals surface area (Å²) in [5.74, 6) is 1.09. The number of aromatic hydroxyl groups is 1. The lowest BCUT2D eigenvalue weighted by Crippen LogP contribution is -2.48. The van der Waals surface area contributed by atoms with Gasteiger partial charge in [-0.25, -0.2) is 0 Å². The highest BCUT2D eigenvalue weighted by molar-refractivity contribution is 7.12. The summed E-state index contributed by atoms with van der Waals surface area (Å²) in [5, 5.41) is 23.9. The normalized spacial score (nSPS) is 13.4. The first-order valence-corrected chi connectivity index (χ1v) is 15.2. The Morgan fingerprint density at radius 2 is 1.63 bits per heavy atom. The van der Waals surface area contributed by atoms with E-state index in [1.807, 2.05) is 46.7 Å². The first-order valence-electron chi connectivity index (χ1n) is 14.3. The number of ether oxygens (including phenoxy) is 2. The molecule has 0 spiro atoms. The Bertz CT molecular complexity index is 1270. The molecule has 218 valence electrons. The van der Waals surface area contributed by atoms with Crippen molar-refractivity contribution in [2.24, 2.45) is 0 Å².